The Balaban J connectivity index is 4.50. The number of esters is 2. The van der Waals surface area contributed by atoms with Crippen molar-refractivity contribution < 1.29 is 47.5 Å². The number of carboxylic acid groups (broad SMARTS) is 1. The zero-order valence-corrected chi connectivity index (χ0v) is 29.6. The molecule has 0 saturated carbocycles. The summed E-state index contributed by atoms with van der Waals surface area (Å²) in [5, 5.41) is 8.83. The Morgan fingerprint density at radius 3 is 1.63 bits per heavy atom. The van der Waals surface area contributed by atoms with Gasteiger partial charge >= 0.3 is 25.7 Å². The van der Waals surface area contributed by atoms with Crippen molar-refractivity contribution in [3.05, 3.63) is 12.2 Å². The van der Waals surface area contributed by atoms with Crippen molar-refractivity contribution in [2.24, 2.45) is 5.73 Å². The van der Waals surface area contributed by atoms with E-state index in [1.54, 1.807) is 0 Å². The Bertz CT molecular complexity index is 854. The van der Waals surface area contributed by atoms with E-state index in [0.717, 1.165) is 57.8 Å². The largest absolute Gasteiger partial charge is 0.480 e. The second-order valence-corrected chi connectivity index (χ2v) is 13.5. The molecule has 4 N–H and O–H groups in total. The van der Waals surface area contributed by atoms with Gasteiger partial charge in [-0.3, -0.25) is 23.4 Å². The predicted octanol–water partition coefficient (Wildman–Crippen LogP) is 8.17. The number of ether oxygens (including phenoxy) is 2. The van der Waals surface area contributed by atoms with E-state index < -0.39 is 51.1 Å². The summed E-state index contributed by atoms with van der Waals surface area (Å²) in [6.45, 7) is 2.72. The van der Waals surface area contributed by atoms with Gasteiger partial charge in [0.05, 0.1) is 13.2 Å². The van der Waals surface area contributed by atoms with Gasteiger partial charge < -0.3 is 25.2 Å². The number of carboxylic acids is 1. The average Bonchev–Trinajstić information content (AvgIpc) is 3.02. The van der Waals surface area contributed by atoms with Crippen LogP contribution in [0.25, 0.3) is 0 Å². The van der Waals surface area contributed by atoms with E-state index in [4.69, 9.17) is 24.8 Å². The summed E-state index contributed by atoms with van der Waals surface area (Å²) in [6, 6.07) is -1.52. The Hall–Kier alpha value is -1.78. The van der Waals surface area contributed by atoms with Crippen LogP contribution < -0.4 is 5.73 Å². The summed E-state index contributed by atoms with van der Waals surface area (Å²) in [6.07, 6.45) is 25.8. The average molecular weight is 678 g/mol. The normalized spacial score (nSPS) is 14.2. The fourth-order valence-corrected chi connectivity index (χ4v) is 5.42. The van der Waals surface area contributed by atoms with E-state index >= 15 is 0 Å². The van der Waals surface area contributed by atoms with Crippen molar-refractivity contribution in [3.63, 3.8) is 0 Å². The van der Waals surface area contributed by atoms with Gasteiger partial charge in [0, 0.05) is 12.8 Å². The maximum Gasteiger partial charge on any atom is 0.472 e. The third-order valence-corrected chi connectivity index (χ3v) is 8.46. The topological polar surface area (TPSA) is 172 Å². The third kappa shape index (κ3) is 29.6. The molecule has 0 heterocycles. The summed E-state index contributed by atoms with van der Waals surface area (Å²) in [5.41, 5.74) is 5.30. The maximum absolute atomic E-state index is 12.5. The van der Waals surface area contributed by atoms with Gasteiger partial charge in [0.1, 0.15) is 12.6 Å². The molecule has 0 aromatic heterocycles. The summed E-state index contributed by atoms with van der Waals surface area (Å²) in [7, 11) is -4.70. The van der Waals surface area contributed by atoms with Gasteiger partial charge in [0.2, 0.25) is 0 Å². The van der Waals surface area contributed by atoms with Crippen molar-refractivity contribution in [1.29, 1.82) is 0 Å². The van der Waals surface area contributed by atoms with Crippen LogP contribution in [0.5, 0.6) is 0 Å². The molecule has 3 atom stereocenters. The minimum absolute atomic E-state index is 0.154. The number of carbonyl (C=O) groups excluding carboxylic acids is 2. The zero-order chi connectivity index (χ0) is 34.3. The number of carbonyl (C=O) groups is 3. The lowest BCUT2D eigenvalue weighted by Crippen LogP contribution is -2.34. The molecule has 270 valence electrons. The molecule has 11 nitrogen and oxygen atoms in total. The fraction of sp³-hybridized carbons (Fsp3) is 0.853. The Labute approximate surface area is 278 Å². The Morgan fingerprint density at radius 2 is 1.09 bits per heavy atom. The highest BCUT2D eigenvalue weighted by atomic mass is 31.2. The molecule has 0 rings (SSSR count). The molecule has 0 saturated heterocycles. The van der Waals surface area contributed by atoms with E-state index in [1.165, 1.54) is 57.8 Å². The number of allylic oxidation sites excluding steroid dienone is 2. The first kappa shape index (κ1) is 44.2. The van der Waals surface area contributed by atoms with Gasteiger partial charge in [-0.15, -0.1) is 0 Å². The lowest BCUT2D eigenvalue weighted by Gasteiger charge is -2.20. The molecule has 0 fully saturated rings. The highest BCUT2D eigenvalue weighted by molar-refractivity contribution is 7.47. The van der Waals surface area contributed by atoms with Crippen molar-refractivity contribution in [3.8, 4) is 0 Å². The number of nitrogens with two attached hydrogens (primary N) is 1. The molecule has 12 heteroatoms. The monoisotopic (exact) mass is 677 g/mol. The minimum atomic E-state index is -4.70. The second-order valence-electron chi connectivity index (χ2n) is 12.0. The van der Waals surface area contributed by atoms with Crippen LogP contribution in [-0.2, 0) is 37.5 Å². The van der Waals surface area contributed by atoms with E-state index in [-0.39, 0.29) is 19.4 Å². The van der Waals surface area contributed by atoms with Crippen LogP contribution >= 0.6 is 7.82 Å². The van der Waals surface area contributed by atoms with Crippen molar-refractivity contribution in [2.75, 3.05) is 19.8 Å². The van der Waals surface area contributed by atoms with E-state index in [2.05, 4.69) is 30.5 Å². The molecule has 0 aliphatic rings. The van der Waals surface area contributed by atoms with Gasteiger partial charge in [-0.1, -0.05) is 116 Å². The molecule has 0 spiro atoms. The van der Waals surface area contributed by atoms with Crippen LogP contribution in [0, 0.1) is 0 Å². The van der Waals surface area contributed by atoms with Crippen LogP contribution in [0.1, 0.15) is 155 Å². The van der Waals surface area contributed by atoms with Crippen LogP contribution in [0.3, 0.4) is 0 Å². The number of phosphoric ester groups is 1. The standard InChI is InChI=1S/C34H64NO10P/c1-3-5-7-9-11-13-15-16-18-20-22-24-26-33(37)45-30(28-43-46(40,41)44-29-31(35)34(38)39)27-42-32(36)25-23-21-19-17-14-12-10-8-6-4-2/h11,13,30-31H,3-10,12,14-29,35H2,1-2H3,(H,38,39)(H,40,41)/b13-11-. The Kier molecular flexibility index (Phi) is 29.4. The summed E-state index contributed by atoms with van der Waals surface area (Å²) < 4.78 is 32.4. The number of aliphatic carboxylic acids is 1. The van der Waals surface area contributed by atoms with Crippen LogP contribution in [0.4, 0.5) is 0 Å². The molecule has 0 aromatic carbocycles. The fourth-order valence-electron chi connectivity index (χ4n) is 4.65. The van der Waals surface area contributed by atoms with Crippen molar-refractivity contribution >= 4 is 25.7 Å². The molecular formula is C34H64NO10P. The molecular weight excluding hydrogens is 613 g/mol. The lowest BCUT2D eigenvalue weighted by atomic mass is 10.1. The van der Waals surface area contributed by atoms with Gasteiger partial charge in [0.15, 0.2) is 6.10 Å². The first-order valence-electron chi connectivity index (χ1n) is 17.7. The number of hydrogen-bond acceptors (Lipinski definition) is 9. The number of phosphoric acid groups is 1. The quantitative estimate of drug-likeness (QED) is 0.0265. The van der Waals surface area contributed by atoms with Crippen molar-refractivity contribution in [1.82, 2.24) is 0 Å². The van der Waals surface area contributed by atoms with E-state index in [1.807, 2.05) is 0 Å². The number of unbranched alkanes of at least 4 members (excludes halogenated alkanes) is 17. The van der Waals surface area contributed by atoms with Crippen LogP contribution in [0.2, 0.25) is 0 Å². The van der Waals surface area contributed by atoms with Gasteiger partial charge in [-0.25, -0.2) is 4.57 Å². The molecule has 46 heavy (non-hydrogen) atoms. The zero-order valence-electron chi connectivity index (χ0n) is 28.7. The highest BCUT2D eigenvalue weighted by Gasteiger charge is 2.28. The molecule has 0 aromatic rings. The van der Waals surface area contributed by atoms with Gasteiger partial charge in [-0.05, 0) is 38.5 Å². The van der Waals surface area contributed by atoms with Gasteiger partial charge in [0.25, 0.3) is 0 Å². The Morgan fingerprint density at radius 1 is 0.652 bits per heavy atom. The smallest absolute Gasteiger partial charge is 0.472 e. The number of hydrogen-bond donors (Lipinski definition) is 3. The third-order valence-electron chi connectivity index (χ3n) is 7.51. The summed E-state index contributed by atoms with van der Waals surface area (Å²) in [5.74, 6) is -2.39. The van der Waals surface area contributed by atoms with Crippen LogP contribution in [-0.4, -0.2) is 59.9 Å². The molecule has 3 unspecified atom stereocenters. The molecule has 0 amide bonds. The summed E-state index contributed by atoms with van der Waals surface area (Å²) >= 11 is 0. The highest BCUT2D eigenvalue weighted by Crippen LogP contribution is 2.43. The molecule has 0 bridgehead atoms. The summed E-state index contributed by atoms with van der Waals surface area (Å²) in [4.78, 5) is 45.5. The maximum atomic E-state index is 12.5. The SMILES string of the molecule is CCCCC/C=C\CCCCCCCC(=O)OC(COC(=O)CCCCCCCCCCCC)COP(=O)(O)OCC(N)C(=O)O. The lowest BCUT2D eigenvalue weighted by molar-refractivity contribution is -0.161. The van der Waals surface area contributed by atoms with Crippen molar-refractivity contribution in [2.45, 2.75) is 167 Å². The van der Waals surface area contributed by atoms with Gasteiger partial charge in [-0.2, -0.15) is 0 Å². The number of rotatable bonds is 33. The molecule has 0 aliphatic carbocycles. The first-order chi connectivity index (χ1) is 22.1. The minimum Gasteiger partial charge on any atom is -0.480 e. The van der Waals surface area contributed by atoms with E-state index in [0.29, 0.717) is 12.8 Å². The van der Waals surface area contributed by atoms with E-state index in [9.17, 15) is 23.8 Å². The van der Waals surface area contributed by atoms with Crippen LogP contribution in [0.15, 0.2) is 12.2 Å². The first-order valence-corrected chi connectivity index (χ1v) is 19.2. The molecule has 0 radical (unpaired) electrons. The predicted molar refractivity (Wildman–Crippen MR) is 180 cm³/mol. The second kappa shape index (κ2) is 30.5. The molecule has 0 aliphatic heterocycles.